The van der Waals surface area contributed by atoms with Gasteiger partial charge in [0.2, 0.25) is 5.12 Å². The average Bonchev–Trinajstić information content (AvgIpc) is 2.49. The third kappa shape index (κ3) is 5.67. The van der Waals surface area contributed by atoms with Crippen molar-refractivity contribution in [3.63, 3.8) is 0 Å². The van der Waals surface area contributed by atoms with Crippen LogP contribution in [-0.4, -0.2) is 33.9 Å². The molecule has 0 aromatic heterocycles. The quantitative estimate of drug-likeness (QED) is 0.903. The highest BCUT2D eigenvalue weighted by Gasteiger charge is 2.32. The first-order chi connectivity index (χ1) is 11.2. The molecule has 0 radical (unpaired) electrons. The number of carbonyl (C=O) groups is 3. The van der Waals surface area contributed by atoms with Crippen LogP contribution >= 0.6 is 11.8 Å². The number of alkyl carbamates (subject to hydrolysis) is 1. The van der Waals surface area contributed by atoms with Gasteiger partial charge >= 0.3 is 6.09 Å². The zero-order valence-corrected chi connectivity index (χ0v) is 15.0. The van der Waals surface area contributed by atoms with E-state index in [9.17, 15) is 14.4 Å². The van der Waals surface area contributed by atoms with Gasteiger partial charge in [-0.3, -0.25) is 9.59 Å². The van der Waals surface area contributed by atoms with Crippen molar-refractivity contribution in [1.29, 1.82) is 0 Å². The van der Waals surface area contributed by atoms with Gasteiger partial charge in [0, 0.05) is 18.0 Å². The smallest absolute Gasteiger partial charge is 0.407 e. The van der Waals surface area contributed by atoms with Crippen molar-refractivity contribution in [1.82, 2.24) is 5.32 Å². The number of thioether (sulfide) groups is 1. The molecule has 1 aromatic rings. The van der Waals surface area contributed by atoms with E-state index in [2.05, 4.69) is 5.32 Å². The molecule has 1 saturated carbocycles. The molecular weight excluding hydrogens is 326 g/mol. The van der Waals surface area contributed by atoms with Crippen molar-refractivity contribution in [2.45, 2.75) is 56.9 Å². The van der Waals surface area contributed by atoms with Gasteiger partial charge in [-0.1, -0.05) is 42.1 Å². The fraction of sp³-hybridized carbons (Fsp3) is 0.500. The van der Waals surface area contributed by atoms with Gasteiger partial charge in [-0.05, 0) is 33.6 Å². The molecule has 0 bridgehead atoms. The first-order valence-corrected chi connectivity index (χ1v) is 8.91. The van der Waals surface area contributed by atoms with Crippen LogP contribution in [0, 0.1) is 0 Å². The number of carbonyl (C=O) groups excluding carboxylic acids is 3. The number of rotatable bonds is 3. The predicted octanol–water partition coefficient (Wildman–Crippen LogP) is 3.57. The van der Waals surface area contributed by atoms with Gasteiger partial charge in [-0.15, -0.1) is 0 Å². The minimum Gasteiger partial charge on any atom is -0.444 e. The van der Waals surface area contributed by atoms with E-state index < -0.39 is 16.9 Å². The Balaban J connectivity index is 1.92. The van der Waals surface area contributed by atoms with Gasteiger partial charge in [0.05, 0.1) is 5.25 Å². The van der Waals surface area contributed by atoms with Gasteiger partial charge in [-0.25, -0.2) is 4.79 Å². The normalized spacial score (nSPS) is 21.2. The average molecular weight is 349 g/mol. The maximum absolute atomic E-state index is 12.3. The number of hydrogen-bond donors (Lipinski definition) is 1. The summed E-state index contributed by atoms with van der Waals surface area (Å²) in [5.41, 5.74) is 0.0175. The van der Waals surface area contributed by atoms with E-state index in [1.165, 1.54) is 0 Å². The van der Waals surface area contributed by atoms with Crippen molar-refractivity contribution in [2.24, 2.45) is 0 Å². The monoisotopic (exact) mass is 349 g/mol. The molecule has 1 fully saturated rings. The Hall–Kier alpha value is -1.82. The van der Waals surface area contributed by atoms with Gasteiger partial charge in [0.25, 0.3) is 0 Å². The van der Waals surface area contributed by atoms with Crippen LogP contribution in [-0.2, 0) is 9.53 Å². The molecule has 0 aliphatic heterocycles. The van der Waals surface area contributed by atoms with Crippen LogP contribution in [0.5, 0.6) is 0 Å². The second-order valence-corrected chi connectivity index (χ2v) is 8.02. The number of benzene rings is 1. The molecule has 2 atom stereocenters. The minimum atomic E-state index is -0.563. The highest BCUT2D eigenvalue weighted by atomic mass is 32.2. The standard InChI is InChI=1S/C18H23NO4S/c1-18(2,3)23-17(22)19-13-9-10-14(20)15(11-13)24-16(21)12-7-5-4-6-8-12/h4-8,13,15H,9-11H2,1-3H3,(H,19,22). The second kappa shape index (κ2) is 7.83. The number of ether oxygens (including phenoxy) is 1. The van der Waals surface area contributed by atoms with E-state index in [1.807, 2.05) is 6.07 Å². The van der Waals surface area contributed by atoms with Gasteiger partial charge in [0.1, 0.15) is 11.4 Å². The Kier molecular flexibility index (Phi) is 6.04. The predicted molar refractivity (Wildman–Crippen MR) is 94.2 cm³/mol. The van der Waals surface area contributed by atoms with Crippen molar-refractivity contribution in [2.75, 3.05) is 0 Å². The molecule has 1 aliphatic carbocycles. The Morgan fingerprint density at radius 1 is 1.21 bits per heavy atom. The summed E-state index contributed by atoms with van der Waals surface area (Å²) < 4.78 is 5.24. The summed E-state index contributed by atoms with van der Waals surface area (Å²) in [7, 11) is 0. The molecule has 2 unspecified atom stereocenters. The molecule has 5 nitrogen and oxygen atoms in total. The summed E-state index contributed by atoms with van der Waals surface area (Å²) >= 11 is 1.05. The molecular formula is C18H23NO4S. The maximum atomic E-state index is 12.3. The SMILES string of the molecule is CC(C)(C)OC(=O)NC1CCC(=O)C(SC(=O)c2ccccc2)C1. The largest absolute Gasteiger partial charge is 0.444 e. The first kappa shape index (κ1) is 18.5. The van der Waals surface area contributed by atoms with Crippen LogP contribution < -0.4 is 5.32 Å². The molecule has 0 heterocycles. The Morgan fingerprint density at radius 3 is 2.50 bits per heavy atom. The van der Waals surface area contributed by atoms with E-state index in [1.54, 1.807) is 45.0 Å². The second-order valence-electron chi connectivity index (χ2n) is 6.84. The van der Waals surface area contributed by atoms with E-state index in [4.69, 9.17) is 4.74 Å². The molecule has 2 rings (SSSR count). The lowest BCUT2D eigenvalue weighted by Gasteiger charge is -2.29. The van der Waals surface area contributed by atoms with Crippen molar-refractivity contribution in [3.05, 3.63) is 35.9 Å². The number of ketones is 1. The Bertz CT molecular complexity index is 609. The number of Topliss-reactive ketones (excluding diaryl/α,β-unsaturated/α-hetero) is 1. The molecule has 1 aromatic carbocycles. The summed E-state index contributed by atoms with van der Waals surface area (Å²) in [5, 5.41) is 2.26. The van der Waals surface area contributed by atoms with Crippen molar-refractivity contribution < 1.29 is 19.1 Å². The van der Waals surface area contributed by atoms with Crippen LogP contribution in [0.2, 0.25) is 0 Å². The fourth-order valence-corrected chi connectivity index (χ4v) is 3.58. The fourth-order valence-electron chi connectivity index (χ4n) is 2.48. The van der Waals surface area contributed by atoms with Gasteiger partial charge < -0.3 is 10.1 Å². The molecule has 1 aliphatic rings. The summed E-state index contributed by atoms with van der Waals surface area (Å²) in [6.45, 7) is 5.40. The molecule has 1 amide bonds. The Labute approximate surface area is 146 Å². The maximum Gasteiger partial charge on any atom is 0.407 e. The molecule has 6 heteroatoms. The zero-order chi connectivity index (χ0) is 17.7. The summed E-state index contributed by atoms with van der Waals surface area (Å²) in [5.74, 6) is 0.0616. The lowest BCUT2D eigenvalue weighted by molar-refractivity contribution is -0.120. The molecule has 0 saturated heterocycles. The topological polar surface area (TPSA) is 72.5 Å². The van der Waals surface area contributed by atoms with Crippen LogP contribution in [0.15, 0.2) is 30.3 Å². The Morgan fingerprint density at radius 2 is 1.88 bits per heavy atom. The lowest BCUT2D eigenvalue weighted by Crippen LogP contribution is -2.44. The lowest BCUT2D eigenvalue weighted by atomic mass is 9.94. The van der Waals surface area contributed by atoms with Crippen molar-refractivity contribution in [3.8, 4) is 0 Å². The highest BCUT2D eigenvalue weighted by molar-refractivity contribution is 8.15. The van der Waals surface area contributed by atoms with Crippen LogP contribution in [0.25, 0.3) is 0 Å². The van der Waals surface area contributed by atoms with E-state index in [0.29, 0.717) is 24.8 Å². The van der Waals surface area contributed by atoms with Crippen LogP contribution in [0.1, 0.15) is 50.4 Å². The first-order valence-electron chi connectivity index (χ1n) is 8.03. The zero-order valence-electron chi connectivity index (χ0n) is 14.2. The van der Waals surface area contributed by atoms with E-state index in [0.717, 1.165) is 11.8 Å². The third-order valence-electron chi connectivity index (χ3n) is 3.58. The summed E-state index contributed by atoms with van der Waals surface area (Å²) in [4.78, 5) is 36.2. The van der Waals surface area contributed by atoms with Gasteiger partial charge in [0.15, 0.2) is 0 Å². The van der Waals surface area contributed by atoms with Gasteiger partial charge in [-0.2, -0.15) is 0 Å². The molecule has 130 valence electrons. The van der Waals surface area contributed by atoms with E-state index in [-0.39, 0.29) is 16.9 Å². The highest BCUT2D eigenvalue weighted by Crippen LogP contribution is 2.29. The van der Waals surface area contributed by atoms with Crippen LogP contribution in [0.3, 0.4) is 0 Å². The molecule has 1 N–H and O–H groups in total. The third-order valence-corrected chi connectivity index (χ3v) is 4.77. The van der Waals surface area contributed by atoms with Crippen LogP contribution in [0.4, 0.5) is 4.79 Å². The molecule has 24 heavy (non-hydrogen) atoms. The van der Waals surface area contributed by atoms with Crippen molar-refractivity contribution >= 4 is 28.8 Å². The number of hydrogen-bond acceptors (Lipinski definition) is 5. The number of amides is 1. The van der Waals surface area contributed by atoms with E-state index >= 15 is 0 Å². The summed E-state index contributed by atoms with van der Waals surface area (Å²) in [6, 6.07) is 8.75. The number of nitrogens with one attached hydrogen (secondary N) is 1. The minimum absolute atomic E-state index is 0.0616. The molecule has 0 spiro atoms. The summed E-state index contributed by atoms with van der Waals surface area (Å²) in [6.07, 6.45) is 0.899.